The molecule has 0 spiro atoms. The Bertz CT molecular complexity index is 700. The number of fused-ring (bicyclic) bond motifs is 1. The number of benzene rings is 2. The summed E-state index contributed by atoms with van der Waals surface area (Å²) >= 11 is 5.85. The first-order chi connectivity index (χ1) is 9.58. The van der Waals surface area contributed by atoms with Crippen molar-refractivity contribution in [2.75, 3.05) is 17.2 Å². The predicted octanol–water partition coefficient (Wildman–Crippen LogP) is 2.83. The van der Waals surface area contributed by atoms with Gasteiger partial charge in [0.25, 0.3) is 5.91 Å². The maximum atomic E-state index is 12.5. The van der Waals surface area contributed by atoms with E-state index in [2.05, 4.69) is 0 Å². The van der Waals surface area contributed by atoms with E-state index in [0.717, 1.165) is 17.7 Å². The van der Waals surface area contributed by atoms with Crippen LogP contribution >= 0.6 is 11.6 Å². The van der Waals surface area contributed by atoms with Crippen molar-refractivity contribution in [3.63, 3.8) is 0 Å². The Morgan fingerprint density at radius 2 is 2.10 bits per heavy atom. The number of hydrogen-bond acceptors (Lipinski definition) is 3. The van der Waals surface area contributed by atoms with E-state index in [1.807, 2.05) is 18.2 Å². The van der Waals surface area contributed by atoms with E-state index in [0.29, 0.717) is 17.8 Å². The van der Waals surface area contributed by atoms with Crippen LogP contribution in [0, 0.1) is 0 Å². The molecule has 0 atom stereocenters. The summed E-state index contributed by atoms with van der Waals surface area (Å²) in [6.45, 7) is 0.598. The Kier molecular flexibility index (Phi) is 3.03. The van der Waals surface area contributed by atoms with Crippen molar-refractivity contribution in [1.82, 2.24) is 0 Å². The molecule has 0 unspecified atom stereocenters. The number of nitrogen functional groups attached to an aromatic ring is 1. The zero-order valence-corrected chi connectivity index (χ0v) is 11.4. The lowest BCUT2D eigenvalue weighted by Gasteiger charge is -2.17. The van der Waals surface area contributed by atoms with Crippen LogP contribution in [0.15, 0.2) is 36.4 Å². The lowest BCUT2D eigenvalue weighted by atomic mass is 10.1. The average Bonchev–Trinajstić information content (AvgIpc) is 2.86. The zero-order valence-electron chi connectivity index (χ0n) is 10.6. The van der Waals surface area contributed by atoms with E-state index in [1.165, 1.54) is 12.1 Å². The summed E-state index contributed by atoms with van der Waals surface area (Å²) in [5.74, 6) is -0.175. The molecule has 1 amide bonds. The van der Waals surface area contributed by atoms with Gasteiger partial charge >= 0.3 is 0 Å². The number of hydrogen-bond donors (Lipinski definition) is 2. The minimum atomic E-state index is -0.142. The first kappa shape index (κ1) is 12.8. The molecule has 102 valence electrons. The largest absolute Gasteiger partial charge is 0.506 e. The third-order valence-corrected chi connectivity index (χ3v) is 3.81. The van der Waals surface area contributed by atoms with Crippen LogP contribution in [0.2, 0.25) is 5.02 Å². The van der Waals surface area contributed by atoms with Gasteiger partial charge in [-0.2, -0.15) is 0 Å². The van der Waals surface area contributed by atoms with Crippen LogP contribution in [0.25, 0.3) is 0 Å². The predicted molar refractivity (Wildman–Crippen MR) is 79.4 cm³/mol. The van der Waals surface area contributed by atoms with Gasteiger partial charge in [0.2, 0.25) is 0 Å². The van der Waals surface area contributed by atoms with Crippen molar-refractivity contribution in [2.45, 2.75) is 6.42 Å². The molecule has 0 radical (unpaired) electrons. The van der Waals surface area contributed by atoms with Crippen molar-refractivity contribution in [3.8, 4) is 5.75 Å². The Labute approximate surface area is 121 Å². The van der Waals surface area contributed by atoms with Crippen LogP contribution in [-0.2, 0) is 6.42 Å². The second-order valence-electron chi connectivity index (χ2n) is 4.72. The molecule has 1 heterocycles. The number of carbonyl (C=O) groups excluding carboxylic acids is 1. The number of amides is 1. The highest BCUT2D eigenvalue weighted by Gasteiger charge is 2.26. The Hall–Kier alpha value is -2.20. The topological polar surface area (TPSA) is 66.6 Å². The number of phenols is 1. The molecular weight excluding hydrogens is 276 g/mol. The third kappa shape index (κ3) is 1.98. The molecule has 0 saturated carbocycles. The molecule has 0 saturated heterocycles. The molecule has 3 N–H and O–H groups in total. The third-order valence-electron chi connectivity index (χ3n) is 3.50. The Morgan fingerprint density at radius 3 is 2.85 bits per heavy atom. The van der Waals surface area contributed by atoms with E-state index in [-0.39, 0.29) is 16.7 Å². The first-order valence-corrected chi connectivity index (χ1v) is 6.63. The number of phenolic OH excluding ortho intramolecular Hbond substituents is 1. The molecule has 2 aromatic rings. The number of rotatable bonds is 1. The average molecular weight is 289 g/mol. The molecule has 4 nitrogen and oxygen atoms in total. The van der Waals surface area contributed by atoms with Crippen LogP contribution in [0.4, 0.5) is 11.4 Å². The van der Waals surface area contributed by atoms with Crippen LogP contribution in [0.3, 0.4) is 0 Å². The molecule has 3 rings (SSSR count). The maximum Gasteiger partial charge on any atom is 0.258 e. The molecule has 2 aromatic carbocycles. The van der Waals surface area contributed by atoms with Crippen molar-refractivity contribution < 1.29 is 9.90 Å². The highest BCUT2D eigenvalue weighted by atomic mass is 35.5. The smallest absolute Gasteiger partial charge is 0.258 e. The minimum absolute atomic E-state index is 0.0331. The van der Waals surface area contributed by atoms with E-state index >= 15 is 0 Å². The monoisotopic (exact) mass is 288 g/mol. The van der Waals surface area contributed by atoms with E-state index in [4.69, 9.17) is 17.3 Å². The van der Waals surface area contributed by atoms with Gasteiger partial charge in [-0.05, 0) is 36.8 Å². The van der Waals surface area contributed by atoms with Crippen molar-refractivity contribution >= 4 is 28.9 Å². The fourth-order valence-corrected chi connectivity index (χ4v) is 2.65. The van der Waals surface area contributed by atoms with Crippen LogP contribution < -0.4 is 10.6 Å². The normalized spacial score (nSPS) is 13.3. The number of aromatic hydroxyl groups is 1. The summed E-state index contributed by atoms with van der Waals surface area (Å²) in [5, 5.41) is 9.58. The zero-order chi connectivity index (χ0) is 14.3. The molecule has 1 aliphatic rings. The summed E-state index contributed by atoms with van der Waals surface area (Å²) in [6, 6.07) is 10.0. The molecule has 0 fully saturated rings. The van der Waals surface area contributed by atoms with Gasteiger partial charge in [-0.15, -0.1) is 0 Å². The summed E-state index contributed by atoms with van der Waals surface area (Å²) in [7, 11) is 0. The van der Waals surface area contributed by atoms with Gasteiger partial charge in [0.1, 0.15) is 5.75 Å². The Morgan fingerprint density at radius 1 is 1.30 bits per heavy atom. The van der Waals surface area contributed by atoms with Crippen molar-refractivity contribution in [1.29, 1.82) is 0 Å². The summed E-state index contributed by atoms with van der Waals surface area (Å²) < 4.78 is 0. The summed E-state index contributed by atoms with van der Waals surface area (Å²) in [4.78, 5) is 14.2. The molecule has 0 aliphatic carbocycles. The van der Waals surface area contributed by atoms with Crippen LogP contribution in [-0.4, -0.2) is 17.6 Å². The van der Waals surface area contributed by atoms with Gasteiger partial charge in [0.15, 0.2) is 0 Å². The SMILES string of the molecule is Nc1cccc2c1CCN2C(=O)c1ccc(O)c(Cl)c1. The summed E-state index contributed by atoms with van der Waals surface area (Å²) in [5.41, 5.74) is 8.93. The number of nitrogens with zero attached hydrogens (tertiary/aromatic N) is 1. The molecule has 5 heteroatoms. The van der Waals surface area contributed by atoms with Gasteiger partial charge in [0.05, 0.1) is 5.02 Å². The lowest BCUT2D eigenvalue weighted by Crippen LogP contribution is -2.28. The highest BCUT2D eigenvalue weighted by Crippen LogP contribution is 2.33. The van der Waals surface area contributed by atoms with E-state index < -0.39 is 0 Å². The maximum absolute atomic E-state index is 12.5. The highest BCUT2D eigenvalue weighted by molar-refractivity contribution is 6.32. The van der Waals surface area contributed by atoms with Gasteiger partial charge in [-0.3, -0.25) is 4.79 Å². The number of halogens is 1. The second kappa shape index (κ2) is 4.72. The molecule has 20 heavy (non-hydrogen) atoms. The van der Waals surface area contributed by atoms with E-state index in [9.17, 15) is 9.90 Å². The van der Waals surface area contributed by atoms with Gasteiger partial charge in [-0.25, -0.2) is 0 Å². The minimum Gasteiger partial charge on any atom is -0.506 e. The standard InChI is InChI=1S/C15H13ClN2O2/c16-11-8-9(4-5-14(11)19)15(20)18-7-6-10-12(17)2-1-3-13(10)18/h1-5,8,19H,6-7,17H2. The lowest BCUT2D eigenvalue weighted by molar-refractivity contribution is 0.0989. The van der Waals surface area contributed by atoms with Crippen LogP contribution in [0.1, 0.15) is 15.9 Å². The first-order valence-electron chi connectivity index (χ1n) is 6.25. The molecule has 1 aliphatic heterocycles. The number of nitrogens with two attached hydrogens (primary N) is 1. The molecule has 0 bridgehead atoms. The number of anilines is 2. The molecule has 0 aromatic heterocycles. The van der Waals surface area contributed by atoms with E-state index in [1.54, 1.807) is 11.0 Å². The Balaban J connectivity index is 1.97. The van der Waals surface area contributed by atoms with Gasteiger partial charge < -0.3 is 15.7 Å². The van der Waals surface area contributed by atoms with Crippen molar-refractivity contribution in [2.24, 2.45) is 0 Å². The quantitative estimate of drug-likeness (QED) is 0.793. The summed E-state index contributed by atoms with van der Waals surface area (Å²) in [6.07, 6.45) is 0.750. The number of carbonyl (C=O) groups is 1. The second-order valence-corrected chi connectivity index (χ2v) is 5.13. The van der Waals surface area contributed by atoms with Crippen LogP contribution in [0.5, 0.6) is 5.75 Å². The molecular formula is C15H13ClN2O2. The fraction of sp³-hybridized carbons (Fsp3) is 0.133. The van der Waals surface area contributed by atoms with Gasteiger partial charge in [-0.1, -0.05) is 17.7 Å². The van der Waals surface area contributed by atoms with Gasteiger partial charge in [0, 0.05) is 29.0 Å². The fourth-order valence-electron chi connectivity index (χ4n) is 2.47. The van der Waals surface area contributed by atoms with Crippen molar-refractivity contribution in [3.05, 3.63) is 52.5 Å².